The third kappa shape index (κ3) is 3.36. The van der Waals surface area contributed by atoms with Crippen molar-refractivity contribution in [2.45, 2.75) is 13.5 Å². The molecule has 2 aromatic carbocycles. The monoisotopic (exact) mass is 414 g/mol. The van der Waals surface area contributed by atoms with Crippen LogP contribution in [-0.4, -0.2) is 45.2 Å². The lowest BCUT2D eigenvalue weighted by molar-refractivity contribution is 0.101. The fourth-order valence-electron chi connectivity index (χ4n) is 3.90. The quantitative estimate of drug-likeness (QED) is 0.397. The molecule has 0 aliphatic heterocycles. The molecule has 5 rings (SSSR count). The molecule has 8 heteroatoms. The van der Waals surface area contributed by atoms with Crippen molar-refractivity contribution in [3.63, 3.8) is 0 Å². The highest BCUT2D eigenvalue weighted by Crippen LogP contribution is 2.34. The summed E-state index contributed by atoms with van der Waals surface area (Å²) in [5.41, 5.74) is 5.67. The van der Waals surface area contributed by atoms with E-state index in [1.54, 1.807) is 6.20 Å². The number of hydrogen-bond donors (Lipinski definition) is 3. The van der Waals surface area contributed by atoms with Gasteiger partial charge in [0.15, 0.2) is 5.69 Å². The number of nitrogens with one attached hydrogen (secondary N) is 3. The number of carbonyl (C=O) groups is 1. The number of aromatic nitrogens is 4. The van der Waals surface area contributed by atoms with Crippen molar-refractivity contribution >= 4 is 33.4 Å². The summed E-state index contributed by atoms with van der Waals surface area (Å²) in [7, 11) is 3.88. The van der Waals surface area contributed by atoms with Crippen LogP contribution in [0.2, 0.25) is 0 Å². The summed E-state index contributed by atoms with van der Waals surface area (Å²) in [6, 6.07) is 12.2. The molecule has 0 fully saturated rings. The maximum absolute atomic E-state index is 13.1. The van der Waals surface area contributed by atoms with Crippen molar-refractivity contribution in [2.75, 3.05) is 19.4 Å². The molecular formula is C23H22N6O2. The lowest BCUT2D eigenvalue weighted by Gasteiger charge is -2.12. The van der Waals surface area contributed by atoms with Gasteiger partial charge in [0.2, 0.25) is 0 Å². The third-order valence-corrected chi connectivity index (χ3v) is 5.39. The average molecular weight is 414 g/mol. The number of hydrogen-bond acceptors (Lipinski definition) is 5. The molecule has 156 valence electrons. The van der Waals surface area contributed by atoms with Gasteiger partial charge in [-0.2, -0.15) is 5.10 Å². The minimum Gasteiger partial charge on any atom is -0.361 e. The van der Waals surface area contributed by atoms with Crippen LogP contribution in [0.1, 0.15) is 21.8 Å². The van der Waals surface area contributed by atoms with Crippen molar-refractivity contribution in [3.05, 3.63) is 65.8 Å². The molecule has 0 aliphatic rings. The molecule has 0 aliphatic carbocycles. The van der Waals surface area contributed by atoms with Crippen molar-refractivity contribution < 1.29 is 9.32 Å². The van der Waals surface area contributed by atoms with Gasteiger partial charge in [-0.1, -0.05) is 17.3 Å². The lowest BCUT2D eigenvalue weighted by atomic mass is 9.99. The van der Waals surface area contributed by atoms with Crippen molar-refractivity contribution in [3.8, 4) is 11.1 Å². The Kier molecular flexibility index (Phi) is 4.56. The summed E-state index contributed by atoms with van der Waals surface area (Å²) in [5, 5.41) is 16.1. The Bertz CT molecular complexity index is 1410. The highest BCUT2D eigenvalue weighted by Gasteiger charge is 2.21. The first kappa shape index (κ1) is 19.1. The number of anilines is 1. The fourth-order valence-corrected chi connectivity index (χ4v) is 3.90. The van der Waals surface area contributed by atoms with E-state index in [-0.39, 0.29) is 5.91 Å². The second-order valence-corrected chi connectivity index (χ2v) is 7.86. The van der Waals surface area contributed by atoms with Gasteiger partial charge < -0.3 is 19.7 Å². The Balaban J connectivity index is 1.57. The second-order valence-electron chi connectivity index (χ2n) is 7.86. The van der Waals surface area contributed by atoms with E-state index in [0.29, 0.717) is 23.7 Å². The molecular weight excluding hydrogens is 392 g/mol. The summed E-state index contributed by atoms with van der Waals surface area (Å²) in [6.45, 7) is 2.38. The molecule has 31 heavy (non-hydrogen) atoms. The van der Waals surface area contributed by atoms with Crippen LogP contribution < -0.4 is 5.32 Å². The Morgan fingerprint density at radius 3 is 2.87 bits per heavy atom. The van der Waals surface area contributed by atoms with E-state index in [2.05, 4.69) is 31.7 Å². The Morgan fingerprint density at radius 2 is 2.03 bits per heavy atom. The number of carbonyl (C=O) groups excluding carboxylic acids is 1. The van der Waals surface area contributed by atoms with Gasteiger partial charge in [0.1, 0.15) is 5.76 Å². The number of aryl methyl sites for hydroxylation is 1. The predicted molar refractivity (Wildman–Crippen MR) is 120 cm³/mol. The van der Waals surface area contributed by atoms with E-state index in [1.807, 2.05) is 62.4 Å². The van der Waals surface area contributed by atoms with Crippen LogP contribution in [-0.2, 0) is 6.54 Å². The van der Waals surface area contributed by atoms with Gasteiger partial charge in [-0.25, -0.2) is 0 Å². The smallest absolute Gasteiger partial charge is 0.278 e. The molecule has 3 aromatic heterocycles. The van der Waals surface area contributed by atoms with E-state index >= 15 is 0 Å². The summed E-state index contributed by atoms with van der Waals surface area (Å²) < 4.78 is 5.30. The van der Waals surface area contributed by atoms with E-state index in [9.17, 15) is 4.79 Å². The molecule has 1 amide bonds. The van der Waals surface area contributed by atoms with Crippen molar-refractivity contribution in [2.24, 2.45) is 0 Å². The van der Waals surface area contributed by atoms with Crippen LogP contribution in [0.25, 0.3) is 32.9 Å². The minimum atomic E-state index is -0.312. The first-order valence-electron chi connectivity index (χ1n) is 9.96. The fraction of sp³-hybridized carbons (Fsp3) is 0.174. The topological polar surface area (TPSA) is 103 Å². The van der Waals surface area contributed by atoms with Crippen molar-refractivity contribution in [1.29, 1.82) is 0 Å². The van der Waals surface area contributed by atoms with Crippen LogP contribution >= 0.6 is 0 Å². The van der Waals surface area contributed by atoms with Gasteiger partial charge in [0, 0.05) is 34.6 Å². The SMILES string of the molecule is Cc1onc(C(=O)Nc2cc(-c3cccc4[nH]ccc34)cc3[nH]ncc23)c1CN(C)C. The molecule has 0 saturated carbocycles. The Labute approximate surface area is 178 Å². The van der Waals surface area contributed by atoms with Gasteiger partial charge in [-0.15, -0.1) is 0 Å². The van der Waals surface area contributed by atoms with Gasteiger partial charge in [-0.3, -0.25) is 9.89 Å². The summed E-state index contributed by atoms with van der Waals surface area (Å²) in [4.78, 5) is 18.3. The Morgan fingerprint density at radius 1 is 1.16 bits per heavy atom. The number of nitrogens with zero attached hydrogens (tertiary/aromatic N) is 3. The number of fused-ring (bicyclic) bond motifs is 2. The summed E-state index contributed by atoms with van der Waals surface area (Å²) in [6.07, 6.45) is 3.63. The second kappa shape index (κ2) is 7.41. The van der Waals surface area contributed by atoms with Crippen LogP contribution in [0.3, 0.4) is 0 Å². The normalized spacial score (nSPS) is 11.6. The molecule has 3 N–H and O–H groups in total. The maximum atomic E-state index is 13.1. The minimum absolute atomic E-state index is 0.293. The molecule has 0 saturated heterocycles. The summed E-state index contributed by atoms with van der Waals surface area (Å²) >= 11 is 0. The number of benzene rings is 2. The molecule has 0 radical (unpaired) electrons. The van der Waals surface area contributed by atoms with E-state index in [4.69, 9.17) is 4.52 Å². The van der Waals surface area contributed by atoms with Crippen LogP contribution in [0.15, 0.2) is 53.3 Å². The molecule has 5 aromatic rings. The standard InChI is InChI=1S/C23H22N6O2/c1-13-18(12-29(2)3)22(28-31-13)23(30)26-20-9-14(10-21-17(20)11-25-27-21)15-5-4-6-19-16(15)7-8-24-19/h4-11,24H,12H2,1-3H3,(H,25,27)(H,26,30). The molecule has 8 nitrogen and oxygen atoms in total. The molecule has 0 atom stereocenters. The highest BCUT2D eigenvalue weighted by molar-refractivity contribution is 6.10. The predicted octanol–water partition coefficient (Wildman–Crippen LogP) is 4.32. The number of H-pyrrole nitrogens is 2. The zero-order chi connectivity index (χ0) is 21.5. The zero-order valence-electron chi connectivity index (χ0n) is 17.5. The van der Waals surface area contributed by atoms with E-state index in [1.165, 1.54) is 0 Å². The Hall–Kier alpha value is -3.91. The van der Waals surface area contributed by atoms with Gasteiger partial charge in [0.25, 0.3) is 5.91 Å². The number of aromatic amines is 2. The van der Waals surface area contributed by atoms with Gasteiger partial charge >= 0.3 is 0 Å². The molecule has 0 spiro atoms. The molecule has 3 heterocycles. The first-order chi connectivity index (χ1) is 15.0. The van der Waals surface area contributed by atoms with Gasteiger partial charge in [0.05, 0.1) is 17.4 Å². The molecule has 0 bridgehead atoms. The number of amides is 1. The zero-order valence-corrected chi connectivity index (χ0v) is 17.5. The van der Waals surface area contributed by atoms with E-state index in [0.717, 1.165) is 38.5 Å². The van der Waals surface area contributed by atoms with E-state index < -0.39 is 0 Å². The highest BCUT2D eigenvalue weighted by atomic mass is 16.5. The van der Waals surface area contributed by atoms with Crippen LogP contribution in [0, 0.1) is 6.92 Å². The van der Waals surface area contributed by atoms with Crippen LogP contribution in [0.5, 0.6) is 0 Å². The maximum Gasteiger partial charge on any atom is 0.278 e. The first-order valence-corrected chi connectivity index (χ1v) is 9.96. The number of rotatable bonds is 5. The summed E-state index contributed by atoms with van der Waals surface area (Å²) in [5.74, 6) is 0.327. The largest absolute Gasteiger partial charge is 0.361 e. The lowest BCUT2D eigenvalue weighted by Crippen LogP contribution is -2.18. The molecule has 0 unspecified atom stereocenters. The average Bonchev–Trinajstić information content (AvgIpc) is 3.47. The third-order valence-electron chi connectivity index (χ3n) is 5.39. The van der Waals surface area contributed by atoms with Crippen LogP contribution in [0.4, 0.5) is 5.69 Å². The van der Waals surface area contributed by atoms with Gasteiger partial charge in [-0.05, 0) is 56.4 Å². The van der Waals surface area contributed by atoms with Crippen molar-refractivity contribution in [1.82, 2.24) is 25.2 Å².